The van der Waals surface area contributed by atoms with Crippen molar-refractivity contribution in [3.05, 3.63) is 0 Å². The minimum absolute atomic E-state index is 1.07. The summed E-state index contributed by atoms with van der Waals surface area (Å²) in [6.07, 6.45) is 13.5. The normalized spacial score (nSPS) is 24.7. The zero-order valence-electron chi connectivity index (χ0n) is 7.52. The first-order valence-corrected chi connectivity index (χ1v) is 6.55. The number of hydrogen-bond donors (Lipinski definition) is 0. The standard InChI is InChI=1S/C10H19.Ga/c1-2-4-6-8-10-9-7-5-3-1;/h1H,2-10H2;. The first-order chi connectivity index (χ1) is 5.39. The van der Waals surface area contributed by atoms with E-state index in [0.29, 0.717) is 0 Å². The molecule has 0 aromatic rings. The van der Waals surface area contributed by atoms with Gasteiger partial charge in [-0.2, -0.15) is 0 Å². The van der Waals surface area contributed by atoms with E-state index < -0.39 is 0 Å². The van der Waals surface area contributed by atoms with E-state index in [1.807, 2.05) is 18.6 Å². The zero-order valence-corrected chi connectivity index (χ0v) is 9.94. The van der Waals surface area contributed by atoms with Gasteiger partial charge < -0.3 is 0 Å². The first kappa shape index (κ1) is 9.72. The molecule has 1 aliphatic carbocycles. The second-order valence-corrected chi connectivity index (χ2v) is 5.79. The van der Waals surface area contributed by atoms with Crippen molar-refractivity contribution in [3.63, 3.8) is 0 Å². The van der Waals surface area contributed by atoms with Gasteiger partial charge in [0.25, 0.3) is 0 Å². The summed E-state index contributed by atoms with van der Waals surface area (Å²) in [5.74, 6) is 0. The molecule has 0 unspecified atom stereocenters. The quantitative estimate of drug-likeness (QED) is 0.535. The van der Waals surface area contributed by atoms with E-state index in [1.54, 1.807) is 0 Å². The molecule has 0 N–H and O–H groups in total. The average molecular weight is 209 g/mol. The van der Waals surface area contributed by atoms with Gasteiger partial charge in [-0.25, -0.2) is 0 Å². The van der Waals surface area contributed by atoms with Gasteiger partial charge in [0.1, 0.15) is 0 Å². The van der Waals surface area contributed by atoms with Crippen molar-refractivity contribution < 1.29 is 0 Å². The van der Waals surface area contributed by atoms with Crippen molar-refractivity contribution in [2.45, 2.75) is 62.3 Å². The Hall–Kier alpha value is 0.636. The summed E-state index contributed by atoms with van der Waals surface area (Å²) in [7, 11) is 0. The van der Waals surface area contributed by atoms with Crippen LogP contribution in [-0.2, 0) is 0 Å². The molecular weight excluding hydrogens is 190 g/mol. The SMILES string of the molecule is [Ga][CH]1CCCCCCCCC1. The summed E-state index contributed by atoms with van der Waals surface area (Å²) in [6.45, 7) is 0. The van der Waals surface area contributed by atoms with Crippen molar-refractivity contribution in [1.82, 2.24) is 0 Å². The van der Waals surface area contributed by atoms with Gasteiger partial charge in [0.2, 0.25) is 0 Å². The third-order valence-corrected chi connectivity index (χ3v) is 4.05. The first-order valence-electron chi connectivity index (χ1n) is 5.15. The Kier molecular flexibility index (Phi) is 5.47. The van der Waals surface area contributed by atoms with Crippen LogP contribution in [0.25, 0.3) is 0 Å². The van der Waals surface area contributed by atoms with Crippen LogP contribution >= 0.6 is 0 Å². The molecule has 1 rings (SSSR count). The fourth-order valence-electron chi connectivity index (χ4n) is 1.84. The van der Waals surface area contributed by atoms with Crippen LogP contribution in [0.5, 0.6) is 0 Å². The summed E-state index contributed by atoms with van der Waals surface area (Å²) >= 11 is 1.98. The van der Waals surface area contributed by atoms with Gasteiger partial charge in [-0.3, -0.25) is 0 Å². The van der Waals surface area contributed by atoms with E-state index >= 15 is 0 Å². The van der Waals surface area contributed by atoms with Crippen molar-refractivity contribution in [1.29, 1.82) is 0 Å². The van der Waals surface area contributed by atoms with Crippen molar-refractivity contribution in [2.75, 3.05) is 0 Å². The van der Waals surface area contributed by atoms with E-state index in [9.17, 15) is 0 Å². The monoisotopic (exact) mass is 208 g/mol. The van der Waals surface area contributed by atoms with Crippen LogP contribution < -0.4 is 0 Å². The van der Waals surface area contributed by atoms with Crippen LogP contribution in [0.4, 0.5) is 0 Å². The number of hydrogen-bond acceptors (Lipinski definition) is 0. The molecule has 0 atom stereocenters. The zero-order chi connectivity index (χ0) is 7.94. The molecular formula is C10H19Ga. The van der Waals surface area contributed by atoms with E-state index in [0.717, 1.165) is 4.47 Å². The van der Waals surface area contributed by atoms with Crippen LogP contribution in [0, 0.1) is 0 Å². The molecule has 0 nitrogen and oxygen atoms in total. The topological polar surface area (TPSA) is 0 Å². The van der Waals surface area contributed by atoms with Crippen molar-refractivity contribution in [3.8, 4) is 0 Å². The molecule has 0 bridgehead atoms. The van der Waals surface area contributed by atoms with E-state index in [2.05, 4.69) is 0 Å². The number of rotatable bonds is 0. The molecule has 1 fully saturated rings. The Morgan fingerprint density at radius 1 is 0.636 bits per heavy atom. The fraction of sp³-hybridized carbons (Fsp3) is 1.00. The van der Waals surface area contributed by atoms with Gasteiger partial charge in [-0.1, -0.05) is 0 Å². The Labute approximate surface area is 81.1 Å². The molecule has 1 heteroatoms. The molecule has 0 aromatic heterocycles. The Balaban J connectivity index is 2.12. The third-order valence-electron chi connectivity index (χ3n) is 2.65. The second kappa shape index (κ2) is 6.19. The van der Waals surface area contributed by atoms with Crippen LogP contribution in [0.3, 0.4) is 0 Å². The molecule has 0 amide bonds. The van der Waals surface area contributed by atoms with Gasteiger partial charge in [0.15, 0.2) is 0 Å². The third kappa shape index (κ3) is 4.97. The van der Waals surface area contributed by atoms with E-state index in [-0.39, 0.29) is 0 Å². The van der Waals surface area contributed by atoms with Crippen LogP contribution in [0.15, 0.2) is 0 Å². The average Bonchev–Trinajstić information content (AvgIpc) is 2.03. The maximum absolute atomic E-state index is 1.98. The molecule has 1 saturated carbocycles. The molecule has 0 aliphatic heterocycles. The Morgan fingerprint density at radius 2 is 1.00 bits per heavy atom. The Bertz CT molecular complexity index is 80.9. The van der Waals surface area contributed by atoms with Gasteiger partial charge >= 0.3 is 80.9 Å². The molecule has 62 valence electrons. The minimum atomic E-state index is 1.07. The fourth-order valence-corrected chi connectivity index (χ4v) is 2.83. The predicted octanol–water partition coefficient (Wildman–Crippen LogP) is 3.47. The molecule has 0 saturated heterocycles. The molecule has 0 heterocycles. The molecule has 0 aromatic carbocycles. The summed E-state index contributed by atoms with van der Waals surface area (Å²) in [5.41, 5.74) is 0. The van der Waals surface area contributed by atoms with Gasteiger partial charge in [0.05, 0.1) is 0 Å². The van der Waals surface area contributed by atoms with Gasteiger partial charge in [0, 0.05) is 0 Å². The Morgan fingerprint density at radius 3 is 1.45 bits per heavy atom. The van der Waals surface area contributed by atoms with Gasteiger partial charge in [-0.15, -0.1) is 0 Å². The van der Waals surface area contributed by atoms with Crippen LogP contribution in [0.1, 0.15) is 57.8 Å². The summed E-state index contributed by atoms with van der Waals surface area (Å²) < 4.78 is 1.07. The van der Waals surface area contributed by atoms with Crippen LogP contribution in [-0.4, -0.2) is 18.6 Å². The van der Waals surface area contributed by atoms with E-state index in [1.165, 1.54) is 57.8 Å². The van der Waals surface area contributed by atoms with Crippen molar-refractivity contribution >= 4 is 18.6 Å². The van der Waals surface area contributed by atoms with Crippen molar-refractivity contribution in [2.24, 2.45) is 0 Å². The predicted molar refractivity (Wildman–Crippen MR) is 51.1 cm³/mol. The van der Waals surface area contributed by atoms with Gasteiger partial charge in [-0.05, 0) is 0 Å². The maximum atomic E-state index is 1.98. The molecule has 1 aliphatic rings. The second-order valence-electron chi connectivity index (χ2n) is 3.81. The molecule has 0 spiro atoms. The summed E-state index contributed by atoms with van der Waals surface area (Å²) in [4.78, 5) is 0. The molecule has 2 radical (unpaired) electrons. The summed E-state index contributed by atoms with van der Waals surface area (Å²) in [5, 5.41) is 0. The summed E-state index contributed by atoms with van der Waals surface area (Å²) in [6, 6.07) is 0. The van der Waals surface area contributed by atoms with E-state index in [4.69, 9.17) is 0 Å². The molecule has 11 heavy (non-hydrogen) atoms. The van der Waals surface area contributed by atoms with Crippen LogP contribution in [0.2, 0.25) is 4.47 Å².